The highest BCUT2D eigenvalue weighted by Crippen LogP contribution is 2.20. The molecule has 0 saturated carbocycles. The minimum atomic E-state index is -0.867. The van der Waals surface area contributed by atoms with E-state index in [1.54, 1.807) is 0 Å². The molecule has 1 rings (SSSR count). The van der Waals surface area contributed by atoms with Gasteiger partial charge in [0, 0.05) is 24.2 Å². The quantitative estimate of drug-likeness (QED) is 0.208. The van der Waals surface area contributed by atoms with Crippen LogP contribution < -0.4 is 27.8 Å². The highest BCUT2D eigenvalue weighted by Gasteiger charge is 2.16. The Morgan fingerprint density at radius 1 is 1.25 bits per heavy atom. The summed E-state index contributed by atoms with van der Waals surface area (Å²) in [5.74, 6) is 0. The van der Waals surface area contributed by atoms with Crippen LogP contribution in [0.1, 0.15) is 5.56 Å². The highest BCUT2D eigenvalue weighted by molar-refractivity contribution is 5.75. The summed E-state index contributed by atoms with van der Waals surface area (Å²) in [6.07, 6.45) is -0.788. The molecule has 0 heterocycles. The van der Waals surface area contributed by atoms with Gasteiger partial charge in [0.25, 0.3) is 5.69 Å². The van der Waals surface area contributed by atoms with Gasteiger partial charge in [0.1, 0.15) is 6.17 Å². The number of rotatable bonds is 5. The highest BCUT2D eigenvalue weighted by atomic mass is 16.6. The first kappa shape index (κ1) is 15.0. The molecule has 10 heteroatoms. The van der Waals surface area contributed by atoms with Crippen molar-refractivity contribution < 1.29 is 14.5 Å². The number of anilines is 1. The van der Waals surface area contributed by atoms with E-state index >= 15 is 0 Å². The van der Waals surface area contributed by atoms with Crippen LogP contribution in [0.5, 0.6) is 0 Å². The molecule has 1 aromatic rings. The zero-order valence-electron chi connectivity index (χ0n) is 10.3. The molecule has 10 nitrogen and oxygen atoms in total. The van der Waals surface area contributed by atoms with Gasteiger partial charge < -0.3 is 27.8 Å². The summed E-state index contributed by atoms with van der Waals surface area (Å²) >= 11 is 0. The molecule has 4 amide bonds. The molecule has 0 aromatic heterocycles. The fraction of sp³-hybridized carbons (Fsp3) is 0.200. The Bertz CT molecular complexity index is 531. The van der Waals surface area contributed by atoms with E-state index in [1.807, 2.05) is 0 Å². The van der Waals surface area contributed by atoms with Crippen molar-refractivity contribution in [3.8, 4) is 0 Å². The minimum Gasteiger partial charge on any atom is -0.398 e. The van der Waals surface area contributed by atoms with Crippen LogP contribution in [-0.2, 0) is 6.42 Å². The molecular formula is C10H14N6O4. The van der Waals surface area contributed by atoms with Gasteiger partial charge in [-0.2, -0.15) is 0 Å². The number of nitrogen functional groups attached to an aromatic ring is 1. The van der Waals surface area contributed by atoms with E-state index in [9.17, 15) is 19.7 Å². The van der Waals surface area contributed by atoms with Crippen molar-refractivity contribution in [2.45, 2.75) is 12.6 Å². The summed E-state index contributed by atoms with van der Waals surface area (Å²) in [7, 11) is 0. The van der Waals surface area contributed by atoms with Gasteiger partial charge in [-0.3, -0.25) is 10.1 Å². The van der Waals surface area contributed by atoms with E-state index < -0.39 is 23.2 Å². The van der Waals surface area contributed by atoms with E-state index in [4.69, 9.17) is 17.2 Å². The Morgan fingerprint density at radius 3 is 2.20 bits per heavy atom. The van der Waals surface area contributed by atoms with Gasteiger partial charge in [-0.05, 0) is 5.56 Å². The molecule has 0 aliphatic rings. The monoisotopic (exact) mass is 282 g/mol. The maximum Gasteiger partial charge on any atom is 0.313 e. The second kappa shape index (κ2) is 6.22. The Labute approximate surface area is 113 Å². The first-order valence-corrected chi connectivity index (χ1v) is 5.44. The number of nitro groups is 1. The van der Waals surface area contributed by atoms with E-state index in [1.165, 1.54) is 18.2 Å². The van der Waals surface area contributed by atoms with Crippen molar-refractivity contribution in [2.24, 2.45) is 11.5 Å². The number of amides is 4. The zero-order chi connectivity index (χ0) is 15.3. The average molecular weight is 282 g/mol. The number of nitrogens with two attached hydrogens (primary N) is 3. The van der Waals surface area contributed by atoms with E-state index in [-0.39, 0.29) is 17.8 Å². The second-order valence-corrected chi connectivity index (χ2v) is 3.91. The maximum absolute atomic E-state index is 10.8. The molecule has 0 saturated heterocycles. The van der Waals surface area contributed by atoms with Crippen LogP contribution in [-0.4, -0.2) is 23.2 Å². The number of primary amides is 2. The molecule has 8 N–H and O–H groups in total. The Balaban J connectivity index is 2.90. The van der Waals surface area contributed by atoms with Gasteiger partial charge in [-0.15, -0.1) is 0 Å². The third-order valence-electron chi connectivity index (χ3n) is 2.40. The molecule has 1 aromatic carbocycles. The van der Waals surface area contributed by atoms with Crippen molar-refractivity contribution in [1.29, 1.82) is 0 Å². The van der Waals surface area contributed by atoms with Gasteiger partial charge in [-0.25, -0.2) is 9.59 Å². The molecule has 0 atom stereocenters. The molecule has 0 unspecified atom stereocenters. The van der Waals surface area contributed by atoms with Gasteiger partial charge >= 0.3 is 12.1 Å². The van der Waals surface area contributed by atoms with Crippen LogP contribution in [0.25, 0.3) is 0 Å². The second-order valence-electron chi connectivity index (χ2n) is 3.91. The standard InChI is InChI=1S/C10H14N6O4/c11-7-4-6(16(19)20)2-1-5(7)3-8(14-9(12)17)15-10(13)18/h1-2,4,8H,3,11H2,(H3,12,14,17)(H3,13,15,18). The van der Waals surface area contributed by atoms with Crippen molar-refractivity contribution in [1.82, 2.24) is 10.6 Å². The van der Waals surface area contributed by atoms with Crippen LogP contribution in [0.3, 0.4) is 0 Å². The van der Waals surface area contributed by atoms with Crippen molar-refractivity contribution >= 4 is 23.4 Å². The number of non-ortho nitro benzene ring substituents is 1. The van der Waals surface area contributed by atoms with E-state index in [0.717, 1.165) is 0 Å². The molecule has 20 heavy (non-hydrogen) atoms. The van der Waals surface area contributed by atoms with E-state index in [0.29, 0.717) is 5.56 Å². The molecule has 0 aliphatic heterocycles. The molecule has 0 spiro atoms. The fourth-order valence-corrected chi connectivity index (χ4v) is 1.58. The predicted molar refractivity (Wildman–Crippen MR) is 70.4 cm³/mol. The number of hydrogen-bond donors (Lipinski definition) is 5. The van der Waals surface area contributed by atoms with Gasteiger partial charge in [-0.1, -0.05) is 6.07 Å². The average Bonchev–Trinajstić information content (AvgIpc) is 2.29. The minimum absolute atomic E-state index is 0.0791. The zero-order valence-corrected chi connectivity index (χ0v) is 10.3. The number of carbonyl (C=O) groups excluding carboxylic acids is 2. The number of carbonyl (C=O) groups is 2. The van der Waals surface area contributed by atoms with Crippen LogP contribution in [0.15, 0.2) is 18.2 Å². The predicted octanol–water partition coefficient (Wildman–Crippen LogP) is -0.618. The Morgan fingerprint density at radius 2 is 1.80 bits per heavy atom. The summed E-state index contributed by atoms with van der Waals surface area (Å²) in [5.41, 5.74) is 16.1. The summed E-state index contributed by atoms with van der Waals surface area (Å²) in [6.45, 7) is 0. The molecule has 0 aliphatic carbocycles. The molecule has 0 radical (unpaired) electrons. The summed E-state index contributed by atoms with van der Waals surface area (Å²) in [4.78, 5) is 31.6. The summed E-state index contributed by atoms with van der Waals surface area (Å²) in [6, 6.07) is 2.15. The SMILES string of the molecule is NC(=O)NC(Cc1ccc([N+](=O)[O-])cc1N)NC(N)=O. The van der Waals surface area contributed by atoms with E-state index in [2.05, 4.69) is 10.6 Å². The Kier molecular flexibility index (Phi) is 4.67. The number of urea groups is 2. The normalized spacial score (nSPS) is 10.1. The number of hydrogen-bond acceptors (Lipinski definition) is 5. The third kappa shape index (κ3) is 4.33. The van der Waals surface area contributed by atoms with Gasteiger partial charge in [0.05, 0.1) is 4.92 Å². The molecule has 0 bridgehead atoms. The molecule has 0 fully saturated rings. The van der Waals surface area contributed by atoms with Crippen LogP contribution in [0.2, 0.25) is 0 Å². The molecule has 108 valence electrons. The van der Waals surface area contributed by atoms with Crippen molar-refractivity contribution in [2.75, 3.05) is 5.73 Å². The van der Waals surface area contributed by atoms with Gasteiger partial charge in [0.2, 0.25) is 0 Å². The number of nitro benzene ring substituents is 1. The lowest BCUT2D eigenvalue weighted by atomic mass is 10.1. The summed E-state index contributed by atoms with van der Waals surface area (Å²) in [5, 5.41) is 15.1. The first-order valence-electron chi connectivity index (χ1n) is 5.44. The smallest absolute Gasteiger partial charge is 0.313 e. The number of nitrogens with one attached hydrogen (secondary N) is 2. The lowest BCUT2D eigenvalue weighted by Gasteiger charge is -2.18. The lowest BCUT2D eigenvalue weighted by molar-refractivity contribution is -0.384. The topological polar surface area (TPSA) is 179 Å². The number of nitrogens with zero attached hydrogens (tertiary/aromatic N) is 1. The third-order valence-corrected chi connectivity index (χ3v) is 2.40. The van der Waals surface area contributed by atoms with Gasteiger partial charge in [0.15, 0.2) is 0 Å². The first-order chi connectivity index (χ1) is 9.29. The van der Waals surface area contributed by atoms with Crippen LogP contribution >= 0.6 is 0 Å². The van der Waals surface area contributed by atoms with Crippen LogP contribution in [0.4, 0.5) is 21.0 Å². The lowest BCUT2D eigenvalue weighted by Crippen LogP contribution is -2.52. The Hall–Kier alpha value is -3.04. The number of benzene rings is 1. The van der Waals surface area contributed by atoms with Crippen molar-refractivity contribution in [3.05, 3.63) is 33.9 Å². The van der Waals surface area contributed by atoms with Crippen molar-refractivity contribution in [3.63, 3.8) is 0 Å². The van der Waals surface area contributed by atoms with Crippen LogP contribution in [0, 0.1) is 10.1 Å². The largest absolute Gasteiger partial charge is 0.398 e. The molecular weight excluding hydrogens is 268 g/mol. The fourth-order valence-electron chi connectivity index (χ4n) is 1.58. The summed E-state index contributed by atoms with van der Waals surface area (Å²) < 4.78 is 0. The maximum atomic E-state index is 10.8.